The van der Waals surface area contributed by atoms with Gasteiger partial charge in [-0.25, -0.2) is 8.42 Å². The van der Waals surface area contributed by atoms with Crippen molar-refractivity contribution < 1.29 is 13.2 Å². The molecular weight excluding hydrogens is 298 g/mol. The molecule has 2 rings (SSSR count). The molecule has 0 saturated heterocycles. The van der Waals surface area contributed by atoms with Crippen LogP contribution >= 0.6 is 0 Å². The van der Waals surface area contributed by atoms with E-state index in [9.17, 15) is 8.42 Å². The largest absolute Gasteiger partial charge is 0.496 e. The molecule has 22 heavy (non-hydrogen) atoms. The molecule has 5 heteroatoms. The highest BCUT2D eigenvalue weighted by molar-refractivity contribution is 7.89. The van der Waals surface area contributed by atoms with Crippen molar-refractivity contribution >= 4 is 10.0 Å². The Morgan fingerprint density at radius 1 is 1.05 bits per heavy atom. The summed E-state index contributed by atoms with van der Waals surface area (Å²) in [5, 5.41) is 0. The fourth-order valence-corrected chi connectivity index (χ4v) is 3.80. The molecular formula is C17H21NO3S. The maximum atomic E-state index is 12.8. The molecule has 4 nitrogen and oxygen atoms in total. The number of hydrogen-bond acceptors (Lipinski definition) is 3. The van der Waals surface area contributed by atoms with Gasteiger partial charge in [0, 0.05) is 13.6 Å². The van der Waals surface area contributed by atoms with Crippen LogP contribution in [-0.2, 0) is 16.6 Å². The number of ether oxygens (including phenoxy) is 1. The van der Waals surface area contributed by atoms with Gasteiger partial charge in [-0.3, -0.25) is 0 Å². The maximum Gasteiger partial charge on any atom is 0.243 e. The van der Waals surface area contributed by atoms with E-state index in [4.69, 9.17) is 4.74 Å². The monoisotopic (exact) mass is 319 g/mol. The van der Waals surface area contributed by atoms with E-state index < -0.39 is 10.0 Å². The zero-order valence-corrected chi connectivity index (χ0v) is 14.1. The minimum absolute atomic E-state index is 0.323. The van der Waals surface area contributed by atoms with E-state index in [-0.39, 0.29) is 0 Å². The van der Waals surface area contributed by atoms with Crippen LogP contribution in [0.5, 0.6) is 5.75 Å². The van der Waals surface area contributed by atoms with E-state index in [1.165, 1.54) is 4.31 Å². The molecule has 0 aromatic heterocycles. The van der Waals surface area contributed by atoms with Gasteiger partial charge in [0.05, 0.1) is 12.0 Å². The lowest BCUT2D eigenvalue weighted by molar-refractivity contribution is 0.410. The first-order chi connectivity index (χ1) is 10.4. The summed E-state index contributed by atoms with van der Waals surface area (Å²) in [6.07, 6.45) is 0. The average Bonchev–Trinajstić information content (AvgIpc) is 2.50. The molecule has 0 aliphatic carbocycles. The topological polar surface area (TPSA) is 46.6 Å². The fraction of sp³-hybridized carbons (Fsp3) is 0.294. The third kappa shape index (κ3) is 3.31. The number of aryl methyl sites for hydroxylation is 2. The van der Waals surface area contributed by atoms with Gasteiger partial charge < -0.3 is 4.74 Å². The van der Waals surface area contributed by atoms with E-state index >= 15 is 0 Å². The summed E-state index contributed by atoms with van der Waals surface area (Å²) in [6, 6.07) is 13.0. The normalized spacial score (nSPS) is 11.7. The van der Waals surface area contributed by atoms with Crippen LogP contribution in [0.1, 0.15) is 16.7 Å². The third-order valence-corrected chi connectivity index (χ3v) is 5.57. The Morgan fingerprint density at radius 3 is 2.27 bits per heavy atom. The number of sulfonamides is 1. The third-order valence-electron chi connectivity index (χ3n) is 3.63. The van der Waals surface area contributed by atoms with Crippen LogP contribution in [0.3, 0.4) is 0 Å². The van der Waals surface area contributed by atoms with Gasteiger partial charge in [-0.1, -0.05) is 30.3 Å². The van der Waals surface area contributed by atoms with Crippen LogP contribution in [0.2, 0.25) is 0 Å². The summed E-state index contributed by atoms with van der Waals surface area (Å²) in [5.74, 6) is 0.696. The molecule has 0 heterocycles. The van der Waals surface area contributed by atoms with Gasteiger partial charge in [-0.05, 0) is 42.7 Å². The molecule has 2 aromatic carbocycles. The molecule has 0 spiro atoms. The van der Waals surface area contributed by atoms with Gasteiger partial charge in [0.25, 0.3) is 0 Å². The first-order valence-corrected chi connectivity index (χ1v) is 8.45. The van der Waals surface area contributed by atoms with E-state index in [1.807, 2.05) is 37.3 Å². The van der Waals surface area contributed by atoms with Crippen LogP contribution < -0.4 is 4.74 Å². The number of nitrogens with zero attached hydrogens (tertiary/aromatic N) is 1. The van der Waals surface area contributed by atoms with E-state index in [0.29, 0.717) is 22.8 Å². The summed E-state index contributed by atoms with van der Waals surface area (Å²) in [6.45, 7) is 3.97. The van der Waals surface area contributed by atoms with Gasteiger partial charge in [0.2, 0.25) is 10.0 Å². The average molecular weight is 319 g/mol. The Balaban J connectivity index is 2.36. The molecule has 118 valence electrons. The molecule has 0 atom stereocenters. The van der Waals surface area contributed by atoms with Crippen LogP contribution in [0.25, 0.3) is 0 Å². The Hall–Kier alpha value is -1.85. The fourth-order valence-electron chi connectivity index (χ4n) is 2.35. The molecule has 0 unspecified atom stereocenters. The lowest BCUT2D eigenvalue weighted by Crippen LogP contribution is -2.27. The van der Waals surface area contributed by atoms with Gasteiger partial charge in [-0.2, -0.15) is 4.31 Å². The number of methoxy groups -OCH3 is 1. The van der Waals surface area contributed by atoms with Crippen molar-refractivity contribution in [3.05, 3.63) is 59.2 Å². The molecule has 0 radical (unpaired) electrons. The Labute approximate surface area is 132 Å². The van der Waals surface area contributed by atoms with Crippen molar-refractivity contribution in [2.45, 2.75) is 25.3 Å². The van der Waals surface area contributed by atoms with Gasteiger partial charge >= 0.3 is 0 Å². The quantitative estimate of drug-likeness (QED) is 0.850. The summed E-state index contributed by atoms with van der Waals surface area (Å²) in [7, 11) is -0.358. The first-order valence-electron chi connectivity index (χ1n) is 7.01. The van der Waals surface area contributed by atoms with Crippen molar-refractivity contribution in [2.24, 2.45) is 0 Å². The highest BCUT2D eigenvalue weighted by Crippen LogP contribution is 2.27. The van der Waals surface area contributed by atoms with Crippen molar-refractivity contribution in [1.82, 2.24) is 4.31 Å². The zero-order valence-electron chi connectivity index (χ0n) is 13.3. The molecule has 2 aromatic rings. The van der Waals surface area contributed by atoms with Crippen molar-refractivity contribution in [2.75, 3.05) is 14.2 Å². The minimum atomic E-state index is -3.54. The molecule has 0 N–H and O–H groups in total. The Kier molecular flexibility index (Phi) is 4.88. The second-order valence-electron chi connectivity index (χ2n) is 5.33. The molecule has 0 fully saturated rings. The van der Waals surface area contributed by atoms with E-state index in [1.54, 1.807) is 33.2 Å². The van der Waals surface area contributed by atoms with Crippen LogP contribution in [0, 0.1) is 13.8 Å². The van der Waals surface area contributed by atoms with Crippen LogP contribution in [-0.4, -0.2) is 26.9 Å². The molecule has 0 saturated carbocycles. The first kappa shape index (κ1) is 16.5. The smallest absolute Gasteiger partial charge is 0.243 e. The van der Waals surface area contributed by atoms with Crippen molar-refractivity contribution in [3.8, 4) is 5.75 Å². The van der Waals surface area contributed by atoms with Crippen molar-refractivity contribution in [1.29, 1.82) is 0 Å². The summed E-state index contributed by atoms with van der Waals surface area (Å²) < 4.78 is 32.2. The second-order valence-corrected chi connectivity index (χ2v) is 7.35. The van der Waals surface area contributed by atoms with Gasteiger partial charge in [0.1, 0.15) is 5.75 Å². The predicted molar refractivity (Wildman–Crippen MR) is 87.6 cm³/mol. The minimum Gasteiger partial charge on any atom is -0.496 e. The van der Waals surface area contributed by atoms with E-state index in [2.05, 4.69) is 0 Å². The Morgan fingerprint density at radius 2 is 1.68 bits per heavy atom. The molecule has 0 aliphatic rings. The highest BCUT2D eigenvalue weighted by Gasteiger charge is 2.24. The Bertz CT molecular complexity index is 755. The number of hydrogen-bond donors (Lipinski definition) is 0. The van der Waals surface area contributed by atoms with Crippen LogP contribution in [0.15, 0.2) is 47.4 Å². The summed E-state index contributed by atoms with van der Waals surface area (Å²) >= 11 is 0. The zero-order chi connectivity index (χ0) is 16.3. The second kappa shape index (κ2) is 6.50. The van der Waals surface area contributed by atoms with E-state index in [0.717, 1.165) is 11.1 Å². The van der Waals surface area contributed by atoms with Crippen molar-refractivity contribution in [3.63, 3.8) is 0 Å². The van der Waals surface area contributed by atoms with Gasteiger partial charge in [-0.15, -0.1) is 0 Å². The molecule has 0 aliphatic heterocycles. The summed E-state index contributed by atoms with van der Waals surface area (Å²) in [4.78, 5) is 0.323. The lowest BCUT2D eigenvalue weighted by Gasteiger charge is -2.20. The number of rotatable bonds is 5. The maximum absolute atomic E-state index is 12.8. The van der Waals surface area contributed by atoms with Gasteiger partial charge in [0.15, 0.2) is 0 Å². The molecule has 0 bridgehead atoms. The SMILES string of the molecule is COc1cc(C)c(S(=O)(=O)N(C)Cc2ccccc2)cc1C. The van der Waals surface area contributed by atoms with Crippen LogP contribution in [0.4, 0.5) is 0 Å². The predicted octanol–water partition coefficient (Wildman–Crippen LogP) is 3.13. The molecule has 0 amide bonds. The lowest BCUT2D eigenvalue weighted by atomic mass is 10.1. The standard InChI is InChI=1S/C17H21NO3S/c1-13-11-17(14(2)10-16(13)21-4)22(19,20)18(3)12-15-8-6-5-7-9-15/h5-11H,12H2,1-4H3. The summed E-state index contributed by atoms with van der Waals surface area (Å²) in [5.41, 5.74) is 2.44. The highest BCUT2D eigenvalue weighted by atomic mass is 32.2. The number of benzene rings is 2.